The SMILES string of the molecule is CC(=O)O[C@@H](C=O)[C@@H](OCc1ccccc1)[C@H](OCc1ccccc1)[C@H](O)COCc1ccccc1.c1ccc(Sc2ccccc2)cc1. The summed E-state index contributed by atoms with van der Waals surface area (Å²) < 4.78 is 23.2. The van der Waals surface area contributed by atoms with Gasteiger partial charge in [0.25, 0.3) is 0 Å². The molecule has 5 rings (SSSR count). The van der Waals surface area contributed by atoms with Gasteiger partial charge in [-0.05, 0) is 41.0 Å². The fourth-order valence-corrected chi connectivity index (χ4v) is 5.64. The van der Waals surface area contributed by atoms with Gasteiger partial charge in [0.15, 0.2) is 12.4 Å². The number of carbonyl (C=O) groups excluding carboxylic acids is 2. The van der Waals surface area contributed by atoms with Crippen LogP contribution in [0.3, 0.4) is 0 Å². The molecule has 7 nitrogen and oxygen atoms in total. The molecule has 0 amide bonds. The van der Waals surface area contributed by atoms with E-state index in [9.17, 15) is 14.7 Å². The van der Waals surface area contributed by atoms with E-state index in [0.29, 0.717) is 12.9 Å². The second-order valence-electron chi connectivity index (χ2n) is 11.0. The Kier molecular flexibility index (Phi) is 16.3. The number of rotatable bonds is 17. The molecule has 0 aliphatic rings. The summed E-state index contributed by atoms with van der Waals surface area (Å²) in [6.07, 6.45) is -4.06. The molecule has 5 aromatic rings. The fourth-order valence-electron chi connectivity index (χ4n) is 4.78. The molecule has 0 aliphatic heterocycles. The van der Waals surface area contributed by atoms with Crippen LogP contribution >= 0.6 is 11.8 Å². The van der Waals surface area contributed by atoms with Crippen molar-refractivity contribution in [3.8, 4) is 0 Å². The Bertz CT molecular complexity index is 1570. The van der Waals surface area contributed by atoms with E-state index in [0.717, 1.165) is 16.7 Å². The number of ether oxygens (including phenoxy) is 4. The van der Waals surface area contributed by atoms with Gasteiger partial charge in [0.05, 0.1) is 26.4 Å². The van der Waals surface area contributed by atoms with E-state index in [1.54, 1.807) is 11.8 Å². The van der Waals surface area contributed by atoms with Gasteiger partial charge in [0, 0.05) is 16.7 Å². The van der Waals surface area contributed by atoms with E-state index in [1.165, 1.54) is 16.7 Å². The van der Waals surface area contributed by atoms with Crippen molar-refractivity contribution < 1.29 is 33.6 Å². The number of aliphatic hydroxyl groups is 1. The van der Waals surface area contributed by atoms with Gasteiger partial charge in [0.1, 0.15) is 18.3 Å². The van der Waals surface area contributed by atoms with Gasteiger partial charge in [-0.2, -0.15) is 0 Å². The Hall–Kier alpha value is -4.57. The smallest absolute Gasteiger partial charge is 0.303 e. The Morgan fingerprint density at radius 3 is 1.41 bits per heavy atom. The third kappa shape index (κ3) is 13.8. The summed E-state index contributed by atoms with van der Waals surface area (Å²) in [6, 6.07) is 49.2. The zero-order valence-electron chi connectivity index (χ0n) is 27.5. The van der Waals surface area contributed by atoms with Crippen molar-refractivity contribution in [3.05, 3.63) is 168 Å². The van der Waals surface area contributed by atoms with Crippen LogP contribution in [-0.2, 0) is 48.4 Å². The number of hydrogen-bond donors (Lipinski definition) is 1. The van der Waals surface area contributed by atoms with Gasteiger partial charge < -0.3 is 24.1 Å². The lowest BCUT2D eigenvalue weighted by atomic mass is 10.0. The third-order valence-electron chi connectivity index (χ3n) is 7.16. The van der Waals surface area contributed by atoms with Crippen molar-refractivity contribution in [1.29, 1.82) is 0 Å². The highest BCUT2D eigenvalue weighted by atomic mass is 32.2. The first-order valence-corrected chi connectivity index (χ1v) is 16.8. The molecule has 0 aromatic heterocycles. The van der Waals surface area contributed by atoms with E-state index < -0.39 is 30.4 Å². The quantitative estimate of drug-likeness (QED) is 0.0791. The van der Waals surface area contributed by atoms with Crippen LogP contribution < -0.4 is 0 Å². The molecule has 4 atom stereocenters. The number of hydrogen-bond acceptors (Lipinski definition) is 8. The van der Waals surface area contributed by atoms with Gasteiger partial charge in [0.2, 0.25) is 0 Å². The average Bonchev–Trinajstić information content (AvgIpc) is 3.14. The van der Waals surface area contributed by atoms with Crippen molar-refractivity contribution in [1.82, 2.24) is 0 Å². The Balaban J connectivity index is 0.000000344. The molecule has 0 bridgehead atoms. The molecule has 1 N–H and O–H groups in total. The molecule has 0 unspecified atom stereocenters. The molecule has 8 heteroatoms. The standard InChI is InChI=1S/C29H32O7.C12H10S/c1-22(31)36-27(17-30)29(35-20-25-15-9-4-10-16-25)28(34-19-24-13-7-3-8-14-24)26(32)21-33-18-23-11-5-2-6-12-23;1-3-7-11(8-4-1)13-12-9-5-2-6-10-12/h2-17,26-29,32H,18-21H2,1H3;1-10H/t26-,27+,28-,29-;/m1./s1. The van der Waals surface area contributed by atoms with Gasteiger partial charge in [-0.25, -0.2) is 0 Å². The predicted octanol–water partition coefficient (Wildman–Crippen LogP) is 7.70. The first-order valence-electron chi connectivity index (χ1n) is 16.0. The van der Waals surface area contributed by atoms with Crippen LogP contribution in [0, 0.1) is 0 Å². The molecule has 0 fully saturated rings. The van der Waals surface area contributed by atoms with Crippen LogP contribution in [0.25, 0.3) is 0 Å². The predicted molar refractivity (Wildman–Crippen MR) is 191 cm³/mol. The highest BCUT2D eigenvalue weighted by Gasteiger charge is 2.38. The number of benzene rings is 5. The second kappa shape index (κ2) is 21.4. The molecule has 0 saturated carbocycles. The van der Waals surface area contributed by atoms with Crippen molar-refractivity contribution >= 4 is 24.0 Å². The molecule has 5 aromatic carbocycles. The van der Waals surface area contributed by atoms with Crippen molar-refractivity contribution in [2.45, 2.75) is 61.0 Å². The van der Waals surface area contributed by atoms with E-state index in [1.807, 2.05) is 103 Å². The van der Waals surface area contributed by atoms with Crippen LogP contribution in [0.4, 0.5) is 0 Å². The van der Waals surface area contributed by atoms with Crippen LogP contribution in [0.5, 0.6) is 0 Å². The first kappa shape index (κ1) is 37.3. The topological polar surface area (TPSA) is 91.3 Å². The van der Waals surface area contributed by atoms with E-state index in [4.69, 9.17) is 18.9 Å². The maximum absolute atomic E-state index is 12.0. The highest BCUT2D eigenvalue weighted by molar-refractivity contribution is 7.99. The first-order chi connectivity index (χ1) is 24.0. The lowest BCUT2D eigenvalue weighted by Crippen LogP contribution is -2.51. The van der Waals surface area contributed by atoms with E-state index >= 15 is 0 Å². The van der Waals surface area contributed by atoms with E-state index in [-0.39, 0.29) is 19.8 Å². The normalized spacial score (nSPS) is 13.2. The van der Waals surface area contributed by atoms with Crippen molar-refractivity contribution in [3.63, 3.8) is 0 Å². The van der Waals surface area contributed by atoms with Crippen LogP contribution in [0.2, 0.25) is 0 Å². The summed E-state index contributed by atoms with van der Waals surface area (Å²) in [6.45, 7) is 1.70. The molecule has 0 spiro atoms. The van der Waals surface area contributed by atoms with Crippen molar-refractivity contribution in [2.24, 2.45) is 0 Å². The molecular weight excluding hydrogens is 637 g/mol. The number of aldehydes is 1. The number of carbonyl (C=O) groups is 2. The van der Waals surface area contributed by atoms with Crippen LogP contribution in [-0.4, -0.2) is 48.4 Å². The molecule has 0 saturated heterocycles. The minimum absolute atomic E-state index is 0.0782. The molecule has 254 valence electrons. The molecule has 0 radical (unpaired) electrons. The fraction of sp³-hybridized carbons (Fsp3) is 0.220. The summed E-state index contributed by atoms with van der Waals surface area (Å²) in [5.74, 6) is -0.642. The number of esters is 1. The molecule has 49 heavy (non-hydrogen) atoms. The van der Waals surface area contributed by atoms with Gasteiger partial charge in [-0.15, -0.1) is 0 Å². The molecule has 0 aliphatic carbocycles. The van der Waals surface area contributed by atoms with Gasteiger partial charge in [-0.1, -0.05) is 139 Å². The van der Waals surface area contributed by atoms with E-state index in [2.05, 4.69) is 48.5 Å². The lowest BCUT2D eigenvalue weighted by Gasteiger charge is -2.33. The maximum atomic E-state index is 12.0. The monoisotopic (exact) mass is 678 g/mol. The lowest BCUT2D eigenvalue weighted by molar-refractivity contribution is -0.189. The summed E-state index contributed by atoms with van der Waals surface area (Å²) in [4.78, 5) is 26.3. The zero-order valence-corrected chi connectivity index (χ0v) is 28.3. The Morgan fingerprint density at radius 2 is 1.00 bits per heavy atom. The maximum Gasteiger partial charge on any atom is 0.303 e. The largest absolute Gasteiger partial charge is 0.452 e. The summed E-state index contributed by atoms with van der Waals surface area (Å²) in [5.41, 5.74) is 2.68. The van der Waals surface area contributed by atoms with Gasteiger partial charge in [-0.3, -0.25) is 9.59 Å². The van der Waals surface area contributed by atoms with Gasteiger partial charge >= 0.3 is 5.97 Å². The summed E-state index contributed by atoms with van der Waals surface area (Å²) in [7, 11) is 0. The zero-order chi connectivity index (χ0) is 34.5. The summed E-state index contributed by atoms with van der Waals surface area (Å²) >= 11 is 1.79. The Morgan fingerprint density at radius 1 is 0.612 bits per heavy atom. The van der Waals surface area contributed by atoms with Crippen LogP contribution in [0.15, 0.2) is 161 Å². The number of aliphatic hydroxyl groups excluding tert-OH is 1. The molecular formula is C41H42O7S. The summed E-state index contributed by atoms with van der Waals surface area (Å²) in [5, 5.41) is 11.1. The molecule has 0 heterocycles. The highest BCUT2D eigenvalue weighted by Crippen LogP contribution is 2.26. The minimum atomic E-state index is -1.28. The minimum Gasteiger partial charge on any atom is -0.452 e. The Labute approximate surface area is 292 Å². The van der Waals surface area contributed by atoms with Crippen molar-refractivity contribution in [2.75, 3.05) is 6.61 Å². The average molecular weight is 679 g/mol. The second-order valence-corrected chi connectivity index (χ2v) is 12.2. The third-order valence-corrected chi connectivity index (χ3v) is 8.17. The van der Waals surface area contributed by atoms with Crippen LogP contribution in [0.1, 0.15) is 23.6 Å².